The van der Waals surface area contributed by atoms with Crippen molar-refractivity contribution in [1.29, 1.82) is 0 Å². The van der Waals surface area contributed by atoms with Crippen LogP contribution in [-0.2, 0) is 16.1 Å². The first-order chi connectivity index (χ1) is 19.9. The number of Topliss-reactive ketones (excluding diaryl/α,β-unsaturated/α-hetero) is 1. The molecule has 41 heavy (non-hydrogen) atoms. The minimum absolute atomic E-state index is 0.00151. The van der Waals surface area contributed by atoms with Crippen LogP contribution in [0.5, 0.6) is 5.75 Å². The number of ketones is 1. The molecule has 224 valence electrons. The van der Waals surface area contributed by atoms with E-state index in [1.807, 2.05) is 43.9 Å². The summed E-state index contributed by atoms with van der Waals surface area (Å²) in [4.78, 5) is 47.3. The van der Waals surface area contributed by atoms with Gasteiger partial charge in [-0.15, -0.1) is 0 Å². The van der Waals surface area contributed by atoms with Crippen LogP contribution in [0.25, 0.3) is 0 Å². The largest absolute Gasteiger partial charge is 0.490 e. The molecule has 2 aliphatic rings. The van der Waals surface area contributed by atoms with Gasteiger partial charge >= 0.3 is 0 Å². The van der Waals surface area contributed by atoms with Crippen molar-refractivity contribution in [1.82, 2.24) is 25.5 Å². The molecule has 2 aromatic rings. The van der Waals surface area contributed by atoms with Gasteiger partial charge in [-0.2, -0.15) is 0 Å². The molecule has 2 amide bonds. The molecule has 1 saturated carbocycles. The van der Waals surface area contributed by atoms with E-state index in [9.17, 15) is 14.4 Å². The number of aromatic nitrogens is 2. The molecule has 9 nitrogen and oxygen atoms in total. The summed E-state index contributed by atoms with van der Waals surface area (Å²) in [5.74, 6) is 0.426. The number of ether oxygens (including phenoxy) is 1. The van der Waals surface area contributed by atoms with Crippen LogP contribution in [0.1, 0.15) is 99.7 Å². The number of nitrogens with one attached hydrogen (secondary N) is 2. The molecule has 1 atom stereocenters. The molecule has 1 aromatic carbocycles. The lowest BCUT2D eigenvalue weighted by atomic mass is 9.89. The number of hydrogen-bond acceptors (Lipinski definition) is 7. The summed E-state index contributed by atoms with van der Waals surface area (Å²) in [7, 11) is 0. The van der Waals surface area contributed by atoms with Crippen LogP contribution in [0, 0.1) is 5.92 Å². The Balaban J connectivity index is 0.000000681. The molecule has 2 heterocycles. The average molecular weight is 566 g/mol. The topological polar surface area (TPSA) is 114 Å². The Morgan fingerprint density at radius 2 is 1.78 bits per heavy atom. The molecular weight excluding hydrogens is 518 g/mol. The lowest BCUT2D eigenvalue weighted by Crippen LogP contribution is -2.43. The standard InChI is InChI=1S/C26H35N5O4.C6H12/c1-4-35-24-14-28-17-30-22(24)12-27-15-25(33)31-10-6-9-21(16-31)19-7-5-8-20(11-19)26(34)29-13-23(32)18(2)3;1-2-4-6-5-3-1/h5,7-8,11,14,17-18,21,27H,4,6,9-10,12-13,15-16H2,1-3H3,(H,29,34);1-6H2. The summed E-state index contributed by atoms with van der Waals surface area (Å²) < 4.78 is 5.53. The van der Waals surface area contributed by atoms with Crippen molar-refractivity contribution >= 4 is 17.6 Å². The predicted octanol–water partition coefficient (Wildman–Crippen LogP) is 4.67. The quantitative estimate of drug-likeness (QED) is 0.407. The van der Waals surface area contributed by atoms with E-state index < -0.39 is 0 Å². The number of benzene rings is 1. The van der Waals surface area contributed by atoms with Gasteiger partial charge < -0.3 is 20.3 Å². The molecule has 2 N–H and O–H groups in total. The van der Waals surface area contributed by atoms with Gasteiger partial charge in [0.25, 0.3) is 5.91 Å². The number of carbonyl (C=O) groups is 3. The maximum Gasteiger partial charge on any atom is 0.251 e. The Morgan fingerprint density at radius 3 is 2.46 bits per heavy atom. The molecule has 1 aliphatic heterocycles. The van der Waals surface area contributed by atoms with E-state index in [0.29, 0.717) is 37.6 Å². The molecule has 2 fully saturated rings. The van der Waals surface area contributed by atoms with Crippen LogP contribution in [0.4, 0.5) is 0 Å². The van der Waals surface area contributed by atoms with Crippen LogP contribution in [0.15, 0.2) is 36.8 Å². The maximum absolute atomic E-state index is 12.9. The zero-order valence-electron chi connectivity index (χ0n) is 25.0. The van der Waals surface area contributed by atoms with E-state index in [-0.39, 0.29) is 42.5 Å². The van der Waals surface area contributed by atoms with Crippen LogP contribution in [0.2, 0.25) is 0 Å². The van der Waals surface area contributed by atoms with Gasteiger partial charge in [0.15, 0.2) is 11.5 Å². The smallest absolute Gasteiger partial charge is 0.251 e. The van der Waals surface area contributed by atoms with Crippen LogP contribution in [0.3, 0.4) is 0 Å². The molecule has 1 unspecified atom stereocenters. The number of rotatable bonds is 11. The highest BCUT2D eigenvalue weighted by Gasteiger charge is 2.25. The van der Waals surface area contributed by atoms with Crippen molar-refractivity contribution in [3.05, 3.63) is 53.6 Å². The van der Waals surface area contributed by atoms with Crippen molar-refractivity contribution < 1.29 is 19.1 Å². The van der Waals surface area contributed by atoms with Gasteiger partial charge in [-0.3, -0.25) is 14.4 Å². The minimum atomic E-state index is -0.259. The maximum atomic E-state index is 12.9. The number of carbonyl (C=O) groups excluding carboxylic acids is 3. The third-order valence-corrected chi connectivity index (χ3v) is 7.59. The fraction of sp³-hybridized carbons (Fsp3) is 0.594. The van der Waals surface area contributed by atoms with Gasteiger partial charge in [-0.25, -0.2) is 9.97 Å². The Hall–Kier alpha value is -3.33. The molecule has 4 rings (SSSR count). The molecule has 0 bridgehead atoms. The Morgan fingerprint density at radius 1 is 1.05 bits per heavy atom. The molecule has 9 heteroatoms. The average Bonchev–Trinajstić information content (AvgIpc) is 3.02. The molecule has 1 aromatic heterocycles. The highest BCUT2D eigenvalue weighted by molar-refractivity contribution is 5.97. The molecule has 1 saturated heterocycles. The fourth-order valence-electron chi connectivity index (χ4n) is 5.09. The van der Waals surface area contributed by atoms with Crippen LogP contribution < -0.4 is 15.4 Å². The van der Waals surface area contributed by atoms with Crippen LogP contribution in [-0.4, -0.2) is 65.3 Å². The summed E-state index contributed by atoms with van der Waals surface area (Å²) in [6.07, 6.45) is 13.9. The van der Waals surface area contributed by atoms with Gasteiger partial charge in [-0.05, 0) is 37.5 Å². The second-order valence-corrected chi connectivity index (χ2v) is 11.1. The highest BCUT2D eigenvalue weighted by Crippen LogP contribution is 2.27. The molecular formula is C32H47N5O4. The molecule has 0 radical (unpaired) electrons. The summed E-state index contributed by atoms with van der Waals surface area (Å²) in [5.41, 5.74) is 2.27. The van der Waals surface area contributed by atoms with Gasteiger partial charge in [0.05, 0.1) is 31.6 Å². The first kappa shape index (κ1) is 32.2. The summed E-state index contributed by atoms with van der Waals surface area (Å²) in [6.45, 7) is 8.02. The first-order valence-corrected chi connectivity index (χ1v) is 15.2. The van der Waals surface area contributed by atoms with Crippen molar-refractivity contribution in [3.8, 4) is 5.75 Å². The zero-order chi connectivity index (χ0) is 29.5. The second-order valence-electron chi connectivity index (χ2n) is 11.1. The van der Waals surface area contributed by atoms with E-state index in [4.69, 9.17) is 4.74 Å². The number of piperidine rings is 1. The van der Waals surface area contributed by atoms with E-state index >= 15 is 0 Å². The van der Waals surface area contributed by atoms with E-state index in [1.165, 1.54) is 44.9 Å². The monoisotopic (exact) mass is 565 g/mol. The van der Waals surface area contributed by atoms with Crippen molar-refractivity contribution in [2.45, 2.75) is 84.6 Å². The van der Waals surface area contributed by atoms with Gasteiger partial charge in [0.1, 0.15) is 6.33 Å². The predicted molar refractivity (Wildman–Crippen MR) is 160 cm³/mol. The fourth-order valence-corrected chi connectivity index (χ4v) is 5.09. The lowest BCUT2D eigenvalue weighted by molar-refractivity contribution is -0.131. The number of amides is 2. The number of nitrogens with zero attached hydrogens (tertiary/aromatic N) is 3. The minimum Gasteiger partial charge on any atom is -0.490 e. The van der Waals surface area contributed by atoms with Gasteiger partial charge in [-0.1, -0.05) is 64.5 Å². The number of likely N-dealkylation sites (tertiary alicyclic amines) is 1. The van der Waals surface area contributed by atoms with E-state index in [0.717, 1.165) is 24.1 Å². The Kier molecular flexibility index (Phi) is 13.7. The highest BCUT2D eigenvalue weighted by atomic mass is 16.5. The molecule has 0 spiro atoms. The molecule has 1 aliphatic carbocycles. The van der Waals surface area contributed by atoms with Crippen molar-refractivity contribution in [2.24, 2.45) is 5.92 Å². The van der Waals surface area contributed by atoms with E-state index in [1.54, 1.807) is 12.3 Å². The number of hydrogen-bond donors (Lipinski definition) is 2. The SMILES string of the molecule is C1CCCCC1.CCOc1cncnc1CNCC(=O)N1CCCC(c2cccc(C(=O)NCC(=O)C(C)C)c2)C1. The van der Waals surface area contributed by atoms with Gasteiger partial charge in [0, 0.05) is 37.0 Å². The second kappa shape index (κ2) is 17.5. The zero-order valence-corrected chi connectivity index (χ0v) is 25.0. The lowest BCUT2D eigenvalue weighted by Gasteiger charge is -2.33. The van der Waals surface area contributed by atoms with Crippen LogP contribution >= 0.6 is 0 Å². The normalized spacial score (nSPS) is 16.9. The first-order valence-electron chi connectivity index (χ1n) is 15.2. The summed E-state index contributed by atoms with van der Waals surface area (Å²) in [6, 6.07) is 7.47. The Bertz CT molecular complexity index is 1110. The summed E-state index contributed by atoms with van der Waals surface area (Å²) in [5, 5.41) is 5.87. The van der Waals surface area contributed by atoms with Crippen molar-refractivity contribution in [2.75, 3.05) is 32.8 Å². The Labute approximate surface area is 244 Å². The third kappa shape index (κ3) is 10.9. The van der Waals surface area contributed by atoms with E-state index in [2.05, 4.69) is 20.6 Å². The summed E-state index contributed by atoms with van der Waals surface area (Å²) >= 11 is 0. The van der Waals surface area contributed by atoms with Crippen molar-refractivity contribution in [3.63, 3.8) is 0 Å². The van der Waals surface area contributed by atoms with Gasteiger partial charge in [0.2, 0.25) is 5.91 Å². The third-order valence-electron chi connectivity index (χ3n) is 7.59.